The molecule has 1 atom stereocenters. The monoisotopic (exact) mass is 368 g/mol. The highest BCUT2D eigenvalue weighted by Crippen LogP contribution is 2.37. The fourth-order valence-electron chi connectivity index (χ4n) is 3.96. The van der Waals surface area contributed by atoms with E-state index in [0.717, 1.165) is 32.1 Å². The van der Waals surface area contributed by atoms with E-state index in [4.69, 9.17) is 14.2 Å². The van der Waals surface area contributed by atoms with Crippen molar-refractivity contribution in [3.05, 3.63) is 23.8 Å². The third-order valence-corrected chi connectivity index (χ3v) is 5.52. The predicted molar refractivity (Wildman–Crippen MR) is 92.2 cm³/mol. The lowest BCUT2D eigenvalue weighted by Crippen LogP contribution is -2.31. The maximum Gasteiger partial charge on any atom is 0.305 e. The van der Waals surface area contributed by atoms with Gasteiger partial charge in [-0.25, -0.2) is 0 Å². The fraction of sp³-hybridized carbons (Fsp3) is 0.650. The Bertz CT molecular complexity index is 616. The number of ether oxygens (including phenoxy) is 3. The quantitative estimate of drug-likeness (QED) is 0.694. The van der Waals surface area contributed by atoms with E-state index in [1.807, 2.05) is 0 Å². The second-order valence-electron chi connectivity index (χ2n) is 7.20. The maximum atomic E-state index is 14.1. The van der Waals surface area contributed by atoms with Gasteiger partial charge in [-0.05, 0) is 68.9 Å². The summed E-state index contributed by atoms with van der Waals surface area (Å²) >= 11 is 0. The molecule has 2 aliphatic rings. The van der Waals surface area contributed by atoms with Gasteiger partial charge in [0.05, 0.1) is 19.8 Å². The standard InChI is InChI=1S/C20H26F2O4/c1-2-24-16-8-9-17(20(22)19(16)21)25-11-13-3-5-14(6-4-13)15-7-10-18(23)26-12-15/h8-9,13-15H,2-7,10-12H2,1H3. The van der Waals surface area contributed by atoms with Crippen molar-refractivity contribution in [2.45, 2.75) is 45.4 Å². The largest absolute Gasteiger partial charge is 0.491 e. The molecule has 1 saturated carbocycles. The molecule has 0 spiro atoms. The van der Waals surface area contributed by atoms with Crippen molar-refractivity contribution in [3.63, 3.8) is 0 Å². The molecule has 1 unspecified atom stereocenters. The molecule has 1 saturated heterocycles. The van der Waals surface area contributed by atoms with Crippen molar-refractivity contribution in [2.24, 2.45) is 17.8 Å². The van der Waals surface area contributed by atoms with Crippen LogP contribution in [0.2, 0.25) is 0 Å². The van der Waals surface area contributed by atoms with Gasteiger partial charge in [0, 0.05) is 6.42 Å². The summed E-state index contributed by atoms with van der Waals surface area (Å²) in [5, 5.41) is 0. The summed E-state index contributed by atoms with van der Waals surface area (Å²) in [6.07, 6.45) is 5.57. The molecule has 26 heavy (non-hydrogen) atoms. The topological polar surface area (TPSA) is 44.8 Å². The van der Waals surface area contributed by atoms with Crippen molar-refractivity contribution < 1.29 is 27.8 Å². The van der Waals surface area contributed by atoms with E-state index in [1.165, 1.54) is 12.1 Å². The Morgan fingerprint density at radius 1 is 1.00 bits per heavy atom. The van der Waals surface area contributed by atoms with E-state index < -0.39 is 11.6 Å². The highest BCUT2D eigenvalue weighted by molar-refractivity contribution is 5.69. The lowest BCUT2D eigenvalue weighted by molar-refractivity contribution is -0.151. The number of esters is 1. The van der Waals surface area contributed by atoms with Crippen LogP contribution in [0.5, 0.6) is 11.5 Å². The van der Waals surface area contributed by atoms with Gasteiger partial charge in [0.15, 0.2) is 11.5 Å². The van der Waals surface area contributed by atoms with E-state index in [0.29, 0.717) is 37.4 Å². The Morgan fingerprint density at radius 2 is 1.65 bits per heavy atom. The van der Waals surface area contributed by atoms with Crippen LogP contribution >= 0.6 is 0 Å². The molecular weight excluding hydrogens is 342 g/mol. The number of benzene rings is 1. The zero-order valence-corrected chi connectivity index (χ0v) is 15.1. The van der Waals surface area contributed by atoms with E-state index in [9.17, 15) is 13.6 Å². The summed E-state index contributed by atoms with van der Waals surface area (Å²) in [5.41, 5.74) is 0. The normalized spacial score (nSPS) is 26.3. The first-order chi connectivity index (χ1) is 12.6. The summed E-state index contributed by atoms with van der Waals surface area (Å²) in [6.45, 7) is 2.92. The van der Waals surface area contributed by atoms with Gasteiger partial charge >= 0.3 is 5.97 Å². The molecular formula is C20H26F2O4. The van der Waals surface area contributed by atoms with Crippen LogP contribution in [0.4, 0.5) is 8.78 Å². The zero-order chi connectivity index (χ0) is 18.5. The van der Waals surface area contributed by atoms with Gasteiger partial charge in [-0.3, -0.25) is 4.79 Å². The lowest BCUT2D eigenvalue weighted by Gasteiger charge is -2.35. The maximum absolute atomic E-state index is 14.1. The lowest BCUT2D eigenvalue weighted by atomic mass is 9.74. The number of hydrogen-bond acceptors (Lipinski definition) is 4. The van der Waals surface area contributed by atoms with Gasteiger partial charge in [-0.15, -0.1) is 0 Å². The minimum Gasteiger partial charge on any atom is -0.491 e. The number of rotatable bonds is 6. The third kappa shape index (κ3) is 4.46. The molecule has 1 heterocycles. The van der Waals surface area contributed by atoms with Crippen molar-refractivity contribution in [1.29, 1.82) is 0 Å². The Hall–Kier alpha value is -1.85. The molecule has 1 aromatic rings. The Morgan fingerprint density at radius 3 is 2.23 bits per heavy atom. The first kappa shape index (κ1) is 18.9. The number of carbonyl (C=O) groups is 1. The second-order valence-corrected chi connectivity index (χ2v) is 7.20. The molecule has 1 aromatic carbocycles. The minimum atomic E-state index is -1.00. The van der Waals surface area contributed by atoms with Gasteiger partial charge in [-0.2, -0.15) is 8.78 Å². The second kappa shape index (κ2) is 8.69. The first-order valence-corrected chi connectivity index (χ1v) is 9.47. The van der Waals surface area contributed by atoms with Gasteiger partial charge in [0.2, 0.25) is 11.6 Å². The predicted octanol–water partition coefficient (Wildman–Crippen LogP) is 4.50. The van der Waals surface area contributed by atoms with E-state index in [-0.39, 0.29) is 24.1 Å². The van der Waals surface area contributed by atoms with Crippen LogP contribution < -0.4 is 9.47 Å². The van der Waals surface area contributed by atoms with Crippen molar-refractivity contribution in [2.75, 3.05) is 19.8 Å². The summed E-state index contributed by atoms with van der Waals surface area (Å²) in [4.78, 5) is 11.2. The SMILES string of the molecule is CCOc1ccc(OCC2CCC(C3CCC(=O)OC3)CC2)c(F)c1F. The summed E-state index contributed by atoms with van der Waals surface area (Å²) in [5.74, 6) is -0.850. The van der Waals surface area contributed by atoms with Crippen LogP contribution in [0.25, 0.3) is 0 Å². The Balaban J connectivity index is 1.47. The molecule has 2 fully saturated rings. The molecule has 0 N–H and O–H groups in total. The summed E-state index contributed by atoms with van der Waals surface area (Å²) in [6, 6.07) is 2.82. The first-order valence-electron chi connectivity index (χ1n) is 9.47. The number of hydrogen-bond donors (Lipinski definition) is 0. The molecule has 6 heteroatoms. The molecule has 0 bridgehead atoms. The Kier molecular flexibility index (Phi) is 6.33. The average Bonchev–Trinajstić information content (AvgIpc) is 2.66. The molecule has 0 aromatic heterocycles. The molecule has 1 aliphatic heterocycles. The van der Waals surface area contributed by atoms with E-state index >= 15 is 0 Å². The fourth-order valence-corrected chi connectivity index (χ4v) is 3.96. The zero-order valence-electron chi connectivity index (χ0n) is 15.1. The molecule has 0 radical (unpaired) electrons. The highest BCUT2D eigenvalue weighted by Gasteiger charge is 2.31. The molecule has 1 aliphatic carbocycles. The van der Waals surface area contributed by atoms with Gasteiger partial charge in [0.25, 0.3) is 0 Å². The average molecular weight is 368 g/mol. The van der Waals surface area contributed by atoms with Crippen LogP contribution in [0.1, 0.15) is 45.4 Å². The minimum absolute atomic E-state index is 0.0627. The van der Waals surface area contributed by atoms with Gasteiger partial charge < -0.3 is 14.2 Å². The highest BCUT2D eigenvalue weighted by atomic mass is 19.2. The van der Waals surface area contributed by atoms with Gasteiger partial charge in [-0.1, -0.05) is 0 Å². The molecule has 4 nitrogen and oxygen atoms in total. The number of carbonyl (C=O) groups excluding carboxylic acids is 1. The number of halogens is 2. The summed E-state index contributed by atoms with van der Waals surface area (Å²) in [7, 11) is 0. The molecule has 3 rings (SSSR count). The Labute approximate surface area is 152 Å². The van der Waals surface area contributed by atoms with Gasteiger partial charge in [0.1, 0.15) is 0 Å². The smallest absolute Gasteiger partial charge is 0.305 e. The molecule has 0 amide bonds. The van der Waals surface area contributed by atoms with Crippen LogP contribution in [0.15, 0.2) is 12.1 Å². The summed E-state index contributed by atoms with van der Waals surface area (Å²) < 4.78 is 43.7. The van der Waals surface area contributed by atoms with Crippen molar-refractivity contribution >= 4 is 5.97 Å². The third-order valence-electron chi connectivity index (χ3n) is 5.52. The van der Waals surface area contributed by atoms with Crippen molar-refractivity contribution in [1.82, 2.24) is 0 Å². The van der Waals surface area contributed by atoms with Crippen LogP contribution in [-0.2, 0) is 9.53 Å². The van der Waals surface area contributed by atoms with Crippen molar-refractivity contribution in [3.8, 4) is 11.5 Å². The van der Waals surface area contributed by atoms with Crippen LogP contribution in [0, 0.1) is 29.4 Å². The van der Waals surface area contributed by atoms with E-state index in [1.54, 1.807) is 6.92 Å². The van der Waals surface area contributed by atoms with Crippen LogP contribution in [0.3, 0.4) is 0 Å². The van der Waals surface area contributed by atoms with Crippen LogP contribution in [-0.4, -0.2) is 25.8 Å². The van der Waals surface area contributed by atoms with E-state index in [2.05, 4.69) is 0 Å². The molecule has 144 valence electrons. The number of cyclic esters (lactones) is 1.